The smallest absolute Gasteiger partial charge is 0.0852 e. The predicted molar refractivity (Wildman–Crippen MR) is 107 cm³/mol. The highest BCUT2D eigenvalue weighted by Crippen LogP contribution is 2.10. The van der Waals surface area contributed by atoms with Gasteiger partial charge < -0.3 is 0 Å². The van der Waals surface area contributed by atoms with Crippen LogP contribution in [0.5, 0.6) is 0 Å². The molecule has 0 amide bonds. The summed E-state index contributed by atoms with van der Waals surface area (Å²) in [7, 11) is 0. The van der Waals surface area contributed by atoms with E-state index in [2.05, 4.69) is 82.2 Å². The summed E-state index contributed by atoms with van der Waals surface area (Å²) in [5.74, 6) is 2.50. The summed E-state index contributed by atoms with van der Waals surface area (Å²) >= 11 is 0. The van der Waals surface area contributed by atoms with E-state index in [9.17, 15) is 0 Å². The zero-order valence-electron chi connectivity index (χ0n) is 18.0. The Morgan fingerprint density at radius 2 is 1.42 bits per heavy atom. The van der Waals surface area contributed by atoms with E-state index in [1.807, 2.05) is 15.6 Å². The van der Waals surface area contributed by atoms with E-state index in [0.717, 1.165) is 36.8 Å². The lowest BCUT2D eigenvalue weighted by Gasteiger charge is -2.02. The molecule has 0 aliphatic carbocycles. The van der Waals surface area contributed by atoms with Crippen molar-refractivity contribution in [1.29, 1.82) is 0 Å². The van der Waals surface area contributed by atoms with Crippen molar-refractivity contribution < 1.29 is 0 Å². The van der Waals surface area contributed by atoms with Crippen molar-refractivity contribution in [3.8, 4) is 0 Å². The summed E-state index contributed by atoms with van der Waals surface area (Å²) in [5.41, 5.74) is 2.19. The summed E-state index contributed by atoms with van der Waals surface area (Å²) < 4.78 is 3.87. The highest BCUT2D eigenvalue weighted by Gasteiger charge is 2.05. The van der Waals surface area contributed by atoms with Crippen LogP contribution in [-0.2, 0) is 19.5 Å². The molecule has 0 unspecified atom stereocenters. The molecule has 0 radical (unpaired) electrons. The Morgan fingerprint density at radius 1 is 0.769 bits per heavy atom. The summed E-state index contributed by atoms with van der Waals surface area (Å²) in [4.78, 5) is 0. The third kappa shape index (κ3) is 9.11. The van der Waals surface area contributed by atoms with Crippen LogP contribution in [0.2, 0.25) is 0 Å². The minimum Gasteiger partial charge on any atom is -0.252 e. The van der Waals surface area contributed by atoms with Crippen LogP contribution in [0.3, 0.4) is 0 Å². The second kappa shape index (κ2) is 11.1. The molecule has 148 valence electrons. The van der Waals surface area contributed by atoms with E-state index in [-0.39, 0.29) is 0 Å². The number of rotatable bonds is 8. The molecule has 0 aromatic carbocycles. The SMILES string of the molecule is CC(C)CCn1cc(C(C)C)nn1.CC(C)Cc1cn(CC(C)C)nn1. The molecule has 0 N–H and O–H groups in total. The van der Waals surface area contributed by atoms with Gasteiger partial charge in [-0.3, -0.25) is 9.36 Å². The first kappa shape index (κ1) is 22.3. The minimum absolute atomic E-state index is 0.479. The lowest BCUT2D eigenvalue weighted by atomic mass is 10.1. The Labute approximate surface area is 159 Å². The molecule has 0 fully saturated rings. The van der Waals surface area contributed by atoms with E-state index in [0.29, 0.717) is 17.8 Å². The van der Waals surface area contributed by atoms with Gasteiger partial charge in [-0.2, -0.15) is 0 Å². The lowest BCUT2D eigenvalue weighted by Crippen LogP contribution is -2.04. The van der Waals surface area contributed by atoms with Crippen molar-refractivity contribution in [2.75, 3.05) is 0 Å². The van der Waals surface area contributed by atoms with Gasteiger partial charge in [-0.25, -0.2) is 0 Å². The molecule has 0 saturated heterocycles. The summed E-state index contributed by atoms with van der Waals surface area (Å²) in [6.07, 6.45) is 6.30. The molecule has 6 heteroatoms. The maximum Gasteiger partial charge on any atom is 0.0852 e. The number of hydrogen-bond acceptors (Lipinski definition) is 4. The summed E-state index contributed by atoms with van der Waals surface area (Å²) in [5, 5.41) is 16.4. The second-order valence-corrected chi connectivity index (χ2v) is 8.67. The first-order valence-electron chi connectivity index (χ1n) is 9.96. The van der Waals surface area contributed by atoms with E-state index < -0.39 is 0 Å². The summed E-state index contributed by atoms with van der Waals surface area (Å²) in [6, 6.07) is 0. The molecule has 2 rings (SSSR count). The van der Waals surface area contributed by atoms with Crippen LogP contribution in [-0.4, -0.2) is 30.0 Å². The van der Waals surface area contributed by atoms with Crippen LogP contribution < -0.4 is 0 Å². The normalized spacial score (nSPS) is 11.5. The molecule has 0 saturated carbocycles. The first-order valence-corrected chi connectivity index (χ1v) is 9.96. The Morgan fingerprint density at radius 3 is 1.92 bits per heavy atom. The Balaban J connectivity index is 0.000000260. The van der Waals surface area contributed by atoms with Gasteiger partial charge in [0.2, 0.25) is 0 Å². The number of aryl methyl sites for hydroxylation is 1. The zero-order valence-corrected chi connectivity index (χ0v) is 18.0. The third-order valence-electron chi connectivity index (χ3n) is 3.84. The van der Waals surface area contributed by atoms with Crippen molar-refractivity contribution >= 4 is 0 Å². The Bertz CT molecular complexity index is 585. The molecule has 26 heavy (non-hydrogen) atoms. The molecule has 0 aliphatic heterocycles. The second-order valence-electron chi connectivity index (χ2n) is 8.67. The Hall–Kier alpha value is -1.72. The quantitative estimate of drug-likeness (QED) is 0.689. The third-order valence-corrected chi connectivity index (χ3v) is 3.84. The van der Waals surface area contributed by atoms with Gasteiger partial charge in [-0.15, -0.1) is 10.2 Å². The highest BCUT2D eigenvalue weighted by atomic mass is 15.4. The van der Waals surface area contributed by atoms with Crippen LogP contribution in [0.15, 0.2) is 12.4 Å². The molecule has 6 nitrogen and oxygen atoms in total. The van der Waals surface area contributed by atoms with Gasteiger partial charge in [0.25, 0.3) is 0 Å². The van der Waals surface area contributed by atoms with Gasteiger partial charge >= 0.3 is 0 Å². The lowest BCUT2D eigenvalue weighted by molar-refractivity contribution is 0.472. The molecule has 2 aromatic rings. The van der Waals surface area contributed by atoms with Crippen molar-refractivity contribution in [3.05, 3.63) is 23.8 Å². The van der Waals surface area contributed by atoms with Gasteiger partial charge in [0.1, 0.15) is 0 Å². The molecule has 0 spiro atoms. The predicted octanol–water partition coefficient (Wildman–Crippen LogP) is 4.58. The fourth-order valence-corrected chi connectivity index (χ4v) is 2.39. The summed E-state index contributed by atoms with van der Waals surface area (Å²) in [6.45, 7) is 19.4. The standard InChI is InChI=1S/2C10H19N3/c1-8(2)5-10-7-13(12-11-10)6-9(3)4;1-8(2)5-6-13-7-10(9(3)4)11-12-13/h2*7-9H,5-6H2,1-4H3. The average molecular weight is 363 g/mol. The van der Waals surface area contributed by atoms with Gasteiger partial charge in [0, 0.05) is 25.5 Å². The van der Waals surface area contributed by atoms with Crippen molar-refractivity contribution in [3.63, 3.8) is 0 Å². The van der Waals surface area contributed by atoms with Crippen molar-refractivity contribution in [1.82, 2.24) is 30.0 Å². The molecule has 0 aliphatic rings. The number of hydrogen-bond donors (Lipinski definition) is 0. The number of aromatic nitrogens is 6. The molecule has 2 aromatic heterocycles. The first-order chi connectivity index (χ1) is 12.2. The van der Waals surface area contributed by atoms with Crippen LogP contribution >= 0.6 is 0 Å². The van der Waals surface area contributed by atoms with E-state index in [1.165, 1.54) is 6.42 Å². The molecule has 2 heterocycles. The van der Waals surface area contributed by atoms with Crippen LogP contribution in [0.4, 0.5) is 0 Å². The zero-order chi connectivity index (χ0) is 19.7. The van der Waals surface area contributed by atoms with Crippen LogP contribution in [0.1, 0.15) is 79.1 Å². The fraction of sp³-hybridized carbons (Fsp3) is 0.800. The molecular weight excluding hydrogens is 324 g/mol. The number of nitrogens with zero attached hydrogens (tertiary/aromatic N) is 6. The molecule has 0 atom stereocenters. The fourth-order valence-electron chi connectivity index (χ4n) is 2.39. The van der Waals surface area contributed by atoms with E-state index in [4.69, 9.17) is 0 Å². The maximum atomic E-state index is 4.12. The van der Waals surface area contributed by atoms with Crippen LogP contribution in [0.25, 0.3) is 0 Å². The monoisotopic (exact) mass is 362 g/mol. The molecular formula is C20H38N6. The van der Waals surface area contributed by atoms with E-state index >= 15 is 0 Å². The van der Waals surface area contributed by atoms with Gasteiger partial charge in [0.15, 0.2) is 0 Å². The van der Waals surface area contributed by atoms with Crippen molar-refractivity contribution in [2.45, 2.75) is 87.2 Å². The largest absolute Gasteiger partial charge is 0.252 e. The van der Waals surface area contributed by atoms with Crippen LogP contribution in [0, 0.1) is 17.8 Å². The highest BCUT2D eigenvalue weighted by molar-refractivity contribution is 4.98. The molecule has 0 bridgehead atoms. The Kier molecular flexibility index (Phi) is 9.52. The van der Waals surface area contributed by atoms with Gasteiger partial charge in [0.05, 0.1) is 11.4 Å². The van der Waals surface area contributed by atoms with Gasteiger partial charge in [-0.1, -0.05) is 65.8 Å². The average Bonchev–Trinajstić information content (AvgIpc) is 3.14. The topological polar surface area (TPSA) is 61.4 Å². The van der Waals surface area contributed by atoms with Gasteiger partial charge in [-0.05, 0) is 36.5 Å². The minimum atomic E-state index is 0.479. The van der Waals surface area contributed by atoms with E-state index in [1.54, 1.807) is 0 Å². The maximum absolute atomic E-state index is 4.12. The van der Waals surface area contributed by atoms with Crippen molar-refractivity contribution in [2.24, 2.45) is 17.8 Å².